The van der Waals surface area contributed by atoms with Gasteiger partial charge < -0.3 is 24.4 Å². The summed E-state index contributed by atoms with van der Waals surface area (Å²) in [7, 11) is 0. The first kappa shape index (κ1) is 19.7. The van der Waals surface area contributed by atoms with Crippen LogP contribution in [0.4, 0.5) is 5.69 Å². The molecule has 1 saturated heterocycles. The smallest absolute Gasteiger partial charge is 0.261 e. The summed E-state index contributed by atoms with van der Waals surface area (Å²) >= 11 is 0. The van der Waals surface area contributed by atoms with E-state index in [0.29, 0.717) is 48.8 Å². The standard InChI is InChI=1S/C24H26N2O5/c1-14(2)30-21-5-3-4-20-23(21)24(28)26-12-18(10-16(26)13-29-20)31-17-8-6-15-7-9-22(27)25-19(15)11-17/h3-6,8,11,14,16,18H,7,9-10,12-13H2,1-2H3,(H,25,27)/t16-,18+/m1/s1. The zero-order valence-electron chi connectivity index (χ0n) is 17.7. The van der Waals surface area contributed by atoms with E-state index in [1.807, 2.05) is 55.1 Å². The highest BCUT2D eigenvalue weighted by Gasteiger charge is 2.41. The first-order valence-electron chi connectivity index (χ1n) is 10.8. The Labute approximate surface area is 181 Å². The summed E-state index contributed by atoms with van der Waals surface area (Å²) in [5.41, 5.74) is 2.41. The lowest BCUT2D eigenvalue weighted by molar-refractivity contribution is -0.116. The maximum atomic E-state index is 13.4. The molecule has 0 bridgehead atoms. The average Bonchev–Trinajstić information content (AvgIpc) is 3.08. The highest BCUT2D eigenvalue weighted by Crippen LogP contribution is 2.37. The predicted octanol–water partition coefficient (Wildman–Crippen LogP) is 3.41. The second-order valence-corrected chi connectivity index (χ2v) is 8.56. The van der Waals surface area contributed by atoms with Crippen molar-refractivity contribution in [2.75, 3.05) is 18.5 Å². The van der Waals surface area contributed by atoms with Gasteiger partial charge in [-0.1, -0.05) is 12.1 Å². The minimum absolute atomic E-state index is 0.0275. The van der Waals surface area contributed by atoms with E-state index in [1.165, 1.54) is 0 Å². The number of fused-ring (bicyclic) bond motifs is 3. The van der Waals surface area contributed by atoms with Gasteiger partial charge in [0.05, 0.1) is 18.7 Å². The molecule has 1 N–H and O–H groups in total. The van der Waals surface area contributed by atoms with E-state index in [2.05, 4.69) is 5.32 Å². The SMILES string of the molecule is CC(C)Oc1cccc2c1C(=O)N1C[C@@H](Oc3ccc4c(c3)NC(=O)CC4)C[C@@H]1CO2. The first-order valence-corrected chi connectivity index (χ1v) is 10.8. The third kappa shape index (κ3) is 3.80. The topological polar surface area (TPSA) is 77.1 Å². The van der Waals surface area contributed by atoms with Gasteiger partial charge in [-0.05, 0) is 44.0 Å². The van der Waals surface area contributed by atoms with Gasteiger partial charge in [-0.25, -0.2) is 0 Å². The van der Waals surface area contributed by atoms with Crippen LogP contribution >= 0.6 is 0 Å². The van der Waals surface area contributed by atoms with Crippen molar-refractivity contribution in [3.8, 4) is 17.2 Å². The van der Waals surface area contributed by atoms with Gasteiger partial charge in [-0.15, -0.1) is 0 Å². The number of amides is 2. The zero-order valence-corrected chi connectivity index (χ0v) is 17.7. The lowest BCUT2D eigenvalue weighted by atomic mass is 10.0. The quantitative estimate of drug-likeness (QED) is 0.817. The maximum Gasteiger partial charge on any atom is 0.261 e. The van der Waals surface area contributed by atoms with Crippen LogP contribution in [0.3, 0.4) is 0 Å². The fraction of sp³-hybridized carbons (Fsp3) is 0.417. The summed E-state index contributed by atoms with van der Waals surface area (Å²) < 4.78 is 18.1. The minimum Gasteiger partial charge on any atom is -0.490 e. The third-order valence-corrected chi connectivity index (χ3v) is 5.91. The maximum absolute atomic E-state index is 13.4. The van der Waals surface area contributed by atoms with Crippen LogP contribution < -0.4 is 19.5 Å². The molecular formula is C24H26N2O5. The Morgan fingerprint density at radius 3 is 2.87 bits per heavy atom. The van der Waals surface area contributed by atoms with Crippen LogP contribution in [0.1, 0.15) is 42.6 Å². The van der Waals surface area contributed by atoms with Crippen molar-refractivity contribution in [2.24, 2.45) is 0 Å². The molecule has 7 nitrogen and oxygen atoms in total. The summed E-state index contributed by atoms with van der Waals surface area (Å²) in [6.45, 7) is 4.77. The molecule has 2 amide bonds. The molecule has 1 fully saturated rings. The molecule has 0 aliphatic carbocycles. The molecule has 0 spiro atoms. The number of nitrogens with zero attached hydrogens (tertiary/aromatic N) is 1. The number of rotatable bonds is 4. The van der Waals surface area contributed by atoms with Crippen molar-refractivity contribution < 1.29 is 23.8 Å². The molecule has 5 rings (SSSR count). The van der Waals surface area contributed by atoms with Crippen molar-refractivity contribution in [2.45, 2.75) is 51.4 Å². The van der Waals surface area contributed by atoms with E-state index in [9.17, 15) is 9.59 Å². The number of benzene rings is 2. The molecule has 0 radical (unpaired) electrons. The van der Waals surface area contributed by atoms with Crippen LogP contribution in [0.15, 0.2) is 36.4 Å². The Kier molecular flexibility index (Phi) is 4.96. The van der Waals surface area contributed by atoms with E-state index >= 15 is 0 Å². The molecule has 3 aliphatic rings. The third-order valence-electron chi connectivity index (χ3n) is 5.91. The van der Waals surface area contributed by atoms with Crippen molar-refractivity contribution in [1.82, 2.24) is 4.90 Å². The number of hydrogen-bond donors (Lipinski definition) is 1. The molecule has 0 unspecified atom stereocenters. The largest absolute Gasteiger partial charge is 0.490 e. The summed E-state index contributed by atoms with van der Waals surface area (Å²) in [6.07, 6.45) is 1.75. The van der Waals surface area contributed by atoms with Gasteiger partial charge in [0.1, 0.15) is 35.5 Å². The second-order valence-electron chi connectivity index (χ2n) is 8.56. The lowest BCUT2D eigenvalue weighted by Gasteiger charge is -2.22. The van der Waals surface area contributed by atoms with Gasteiger partial charge in [-0.3, -0.25) is 9.59 Å². The number of ether oxygens (including phenoxy) is 3. The summed E-state index contributed by atoms with van der Waals surface area (Å²) in [6, 6.07) is 11.2. The van der Waals surface area contributed by atoms with E-state index in [0.717, 1.165) is 17.7 Å². The molecule has 3 aliphatic heterocycles. The summed E-state index contributed by atoms with van der Waals surface area (Å²) in [5, 5.41) is 2.91. The molecule has 162 valence electrons. The molecule has 7 heteroatoms. The molecule has 2 aromatic carbocycles. The fourth-order valence-corrected chi connectivity index (χ4v) is 4.51. The van der Waals surface area contributed by atoms with E-state index in [1.54, 1.807) is 0 Å². The molecule has 3 heterocycles. The molecule has 0 aromatic heterocycles. The van der Waals surface area contributed by atoms with Crippen molar-refractivity contribution in [1.29, 1.82) is 0 Å². The Morgan fingerprint density at radius 1 is 1.16 bits per heavy atom. The fourth-order valence-electron chi connectivity index (χ4n) is 4.51. The zero-order chi connectivity index (χ0) is 21.5. The van der Waals surface area contributed by atoms with Crippen LogP contribution in [-0.2, 0) is 11.2 Å². The Hall–Kier alpha value is -3.22. The van der Waals surface area contributed by atoms with Gasteiger partial charge in [0.15, 0.2) is 0 Å². The van der Waals surface area contributed by atoms with Crippen LogP contribution in [0.2, 0.25) is 0 Å². The van der Waals surface area contributed by atoms with Crippen LogP contribution in [-0.4, -0.2) is 48.1 Å². The monoisotopic (exact) mass is 422 g/mol. The molecule has 0 saturated carbocycles. The highest BCUT2D eigenvalue weighted by atomic mass is 16.5. The molecule has 31 heavy (non-hydrogen) atoms. The van der Waals surface area contributed by atoms with E-state index in [-0.39, 0.29) is 30.1 Å². The van der Waals surface area contributed by atoms with Crippen LogP contribution in [0.25, 0.3) is 0 Å². The van der Waals surface area contributed by atoms with Crippen LogP contribution in [0.5, 0.6) is 17.2 Å². The Morgan fingerprint density at radius 2 is 2.03 bits per heavy atom. The molecule has 2 aromatic rings. The predicted molar refractivity (Wildman–Crippen MR) is 115 cm³/mol. The Bertz CT molecular complexity index is 1030. The van der Waals surface area contributed by atoms with Crippen molar-refractivity contribution in [3.63, 3.8) is 0 Å². The van der Waals surface area contributed by atoms with Crippen LogP contribution in [0, 0.1) is 0 Å². The van der Waals surface area contributed by atoms with Gasteiger partial charge in [0.2, 0.25) is 5.91 Å². The van der Waals surface area contributed by atoms with Gasteiger partial charge in [0.25, 0.3) is 5.91 Å². The number of nitrogens with one attached hydrogen (secondary N) is 1. The Balaban J connectivity index is 1.34. The normalized spacial score (nSPS) is 22.1. The van der Waals surface area contributed by atoms with Crippen molar-refractivity contribution >= 4 is 17.5 Å². The first-order chi connectivity index (χ1) is 15.0. The number of hydrogen-bond acceptors (Lipinski definition) is 5. The summed E-state index contributed by atoms with van der Waals surface area (Å²) in [4.78, 5) is 26.9. The van der Waals surface area contributed by atoms with Crippen molar-refractivity contribution in [3.05, 3.63) is 47.5 Å². The van der Waals surface area contributed by atoms with Gasteiger partial charge in [0, 0.05) is 24.6 Å². The van der Waals surface area contributed by atoms with E-state index < -0.39 is 0 Å². The minimum atomic E-state index is -0.144. The second kappa shape index (κ2) is 7.80. The summed E-state index contributed by atoms with van der Waals surface area (Å²) in [5.74, 6) is 1.76. The van der Waals surface area contributed by atoms with Gasteiger partial charge >= 0.3 is 0 Å². The molecule has 2 atom stereocenters. The molecular weight excluding hydrogens is 396 g/mol. The van der Waals surface area contributed by atoms with E-state index in [4.69, 9.17) is 14.2 Å². The number of anilines is 1. The lowest BCUT2D eigenvalue weighted by Crippen LogP contribution is -2.37. The average molecular weight is 422 g/mol. The number of carbonyl (C=O) groups excluding carboxylic acids is 2. The number of aryl methyl sites for hydroxylation is 1. The number of carbonyl (C=O) groups is 2. The highest BCUT2D eigenvalue weighted by molar-refractivity contribution is 6.00. The van der Waals surface area contributed by atoms with Gasteiger partial charge in [-0.2, -0.15) is 0 Å².